The Hall–Kier alpha value is -3.11. The molecule has 1 heterocycles. The number of aromatic nitrogens is 1. The van der Waals surface area contributed by atoms with E-state index >= 15 is 0 Å². The average molecular weight is 532 g/mol. The molecule has 190 valence electrons. The third-order valence-electron chi connectivity index (χ3n) is 7.89. The summed E-state index contributed by atoms with van der Waals surface area (Å²) in [6, 6.07) is 46.8. The highest BCUT2D eigenvalue weighted by Gasteiger charge is 2.30. The molecule has 0 bridgehead atoms. The molecule has 1 atom stereocenters. The molecule has 38 heavy (non-hydrogen) atoms. The van der Waals surface area contributed by atoms with Crippen LogP contribution >= 0.6 is 14.8 Å². The Morgan fingerprint density at radius 2 is 1.16 bits per heavy atom. The highest BCUT2D eigenvalue weighted by atomic mass is 31.2. The van der Waals surface area contributed by atoms with Crippen LogP contribution in [0.2, 0.25) is 0 Å². The maximum absolute atomic E-state index is 5.08. The fourth-order valence-electron chi connectivity index (χ4n) is 6.01. The summed E-state index contributed by atoms with van der Waals surface area (Å²) in [7, 11) is -0.478. The highest BCUT2D eigenvalue weighted by molar-refractivity contribution is 7.93. The van der Waals surface area contributed by atoms with Crippen LogP contribution in [0, 0.1) is 0 Å². The second-order valence-electron chi connectivity index (χ2n) is 10.2. The van der Waals surface area contributed by atoms with Gasteiger partial charge in [0.2, 0.25) is 0 Å². The summed E-state index contributed by atoms with van der Waals surface area (Å²) >= 11 is 0. The number of hydrogen-bond acceptors (Lipinski definition) is 0. The molecule has 0 aliphatic heterocycles. The van der Waals surface area contributed by atoms with E-state index in [1.807, 2.05) is 0 Å². The Morgan fingerprint density at radius 3 is 1.79 bits per heavy atom. The van der Waals surface area contributed by atoms with Gasteiger partial charge in [0.25, 0.3) is 0 Å². The summed E-state index contributed by atoms with van der Waals surface area (Å²) in [5.41, 5.74) is 3.45. The van der Waals surface area contributed by atoms with Crippen LogP contribution in [0.4, 0.5) is 0 Å². The van der Waals surface area contributed by atoms with E-state index in [0.29, 0.717) is 0 Å². The molecule has 0 radical (unpaired) electrons. The van der Waals surface area contributed by atoms with Crippen molar-refractivity contribution in [3.8, 4) is 5.69 Å². The summed E-state index contributed by atoms with van der Waals surface area (Å²) in [6.07, 6.45) is 14.1. The van der Waals surface area contributed by atoms with Crippen molar-refractivity contribution in [1.29, 1.82) is 0 Å². The summed E-state index contributed by atoms with van der Waals surface area (Å²) in [5, 5.41) is 5.45. The monoisotopic (exact) mass is 531 g/mol. The quantitative estimate of drug-likeness (QED) is 0.200. The molecule has 6 rings (SSSR count). The van der Waals surface area contributed by atoms with Crippen molar-refractivity contribution in [2.45, 2.75) is 37.8 Å². The van der Waals surface area contributed by atoms with Gasteiger partial charge in [0, 0.05) is 11.5 Å². The zero-order valence-corrected chi connectivity index (χ0v) is 23.7. The van der Waals surface area contributed by atoms with E-state index < -0.39 is 14.8 Å². The van der Waals surface area contributed by atoms with Crippen LogP contribution in [-0.2, 0) is 0 Å². The van der Waals surface area contributed by atoms with Crippen LogP contribution in [0.1, 0.15) is 32.1 Å². The van der Waals surface area contributed by atoms with Gasteiger partial charge in [0.15, 0.2) is 0 Å². The van der Waals surface area contributed by atoms with Gasteiger partial charge in [-0.1, -0.05) is 135 Å². The normalized spacial score (nSPS) is 15.3. The van der Waals surface area contributed by atoms with E-state index in [2.05, 4.69) is 138 Å². The first kappa shape index (κ1) is 25.2. The fraction of sp³-hybridized carbons (Fsp3) is 0.171. The van der Waals surface area contributed by atoms with Crippen LogP contribution in [-0.4, -0.2) is 16.5 Å². The van der Waals surface area contributed by atoms with Gasteiger partial charge in [0.05, 0.1) is 11.1 Å². The second kappa shape index (κ2) is 11.3. The SMILES string of the molecule is C=P(c1ccccc1)(c1ccccc1)c1ccccc1-n1cccc1P(c1ccccc1)C1CCCCC1. The number of benzene rings is 4. The van der Waals surface area contributed by atoms with Crippen LogP contribution in [0.15, 0.2) is 134 Å². The number of para-hydroxylation sites is 1. The van der Waals surface area contributed by atoms with Gasteiger partial charge in [-0.05, 0) is 67.4 Å². The lowest BCUT2D eigenvalue weighted by molar-refractivity contribution is 0.513. The molecule has 1 fully saturated rings. The highest BCUT2D eigenvalue weighted by Crippen LogP contribution is 2.48. The Balaban J connectivity index is 1.55. The zero-order chi connectivity index (χ0) is 25.8. The van der Waals surface area contributed by atoms with Gasteiger partial charge in [-0.15, -0.1) is 0 Å². The van der Waals surface area contributed by atoms with E-state index in [0.717, 1.165) is 5.66 Å². The molecule has 0 N–H and O–H groups in total. The summed E-state index contributed by atoms with van der Waals surface area (Å²) in [5.74, 6) is 0. The molecular formula is C35H35NP2. The molecule has 0 saturated heterocycles. The maximum atomic E-state index is 5.08. The topological polar surface area (TPSA) is 4.93 Å². The number of hydrogen-bond donors (Lipinski definition) is 0. The Morgan fingerprint density at radius 1 is 0.605 bits per heavy atom. The van der Waals surface area contributed by atoms with Crippen molar-refractivity contribution in [2.24, 2.45) is 0 Å². The lowest BCUT2D eigenvalue weighted by Gasteiger charge is -2.33. The maximum Gasteiger partial charge on any atom is 0.0538 e. The van der Waals surface area contributed by atoms with Gasteiger partial charge < -0.3 is 4.57 Å². The van der Waals surface area contributed by atoms with Gasteiger partial charge in [-0.3, -0.25) is 0 Å². The third kappa shape index (κ3) is 4.75. The molecule has 3 heteroatoms. The molecule has 0 spiro atoms. The van der Waals surface area contributed by atoms with Gasteiger partial charge in [-0.25, -0.2) is 0 Å². The van der Waals surface area contributed by atoms with Crippen molar-refractivity contribution in [3.05, 3.63) is 134 Å². The molecule has 0 amide bonds. The Kier molecular flexibility index (Phi) is 7.51. The first-order chi connectivity index (χ1) is 18.8. The molecule has 1 nitrogen and oxygen atoms in total. The summed E-state index contributed by atoms with van der Waals surface area (Å²) < 4.78 is 2.51. The van der Waals surface area contributed by atoms with E-state index in [1.54, 1.807) is 0 Å². The zero-order valence-electron chi connectivity index (χ0n) is 21.9. The van der Waals surface area contributed by atoms with Crippen LogP contribution in [0.5, 0.6) is 0 Å². The Bertz CT molecular complexity index is 1470. The largest absolute Gasteiger partial charge is 0.316 e. The molecule has 1 aliphatic rings. The van der Waals surface area contributed by atoms with Crippen molar-refractivity contribution < 1.29 is 0 Å². The predicted molar refractivity (Wildman–Crippen MR) is 171 cm³/mol. The van der Waals surface area contributed by atoms with Crippen LogP contribution in [0.25, 0.3) is 5.69 Å². The van der Waals surface area contributed by atoms with E-state index in [9.17, 15) is 0 Å². The van der Waals surface area contributed by atoms with Gasteiger partial charge in [-0.2, -0.15) is 0 Å². The molecular weight excluding hydrogens is 496 g/mol. The van der Waals surface area contributed by atoms with Crippen LogP contribution in [0.3, 0.4) is 0 Å². The molecule has 1 aliphatic carbocycles. The minimum absolute atomic E-state index is 0.478. The number of nitrogens with zero attached hydrogens (tertiary/aromatic N) is 1. The lowest BCUT2D eigenvalue weighted by Crippen LogP contribution is -2.32. The molecule has 4 aromatic carbocycles. The standard InChI is InChI=1S/C35H35NP2/c1-38(31-21-10-4-11-22-31,32-23-12-5-13-24-32)34-26-15-14-25-33(34)36-28-16-27-35(36)37(29-17-6-2-7-18-29)30-19-8-3-9-20-30/h2,4-7,10-18,21-28,30H,1,3,8-9,19-20H2. The van der Waals surface area contributed by atoms with E-state index in [-0.39, 0.29) is 0 Å². The fourth-order valence-corrected chi connectivity index (χ4v) is 12.2. The van der Waals surface area contributed by atoms with Gasteiger partial charge >= 0.3 is 0 Å². The first-order valence-electron chi connectivity index (χ1n) is 13.7. The molecule has 1 saturated carbocycles. The van der Waals surface area contributed by atoms with Crippen molar-refractivity contribution >= 4 is 47.8 Å². The summed E-state index contributed by atoms with van der Waals surface area (Å²) in [6.45, 7) is -2.12. The van der Waals surface area contributed by atoms with Crippen molar-refractivity contribution in [3.63, 3.8) is 0 Å². The van der Waals surface area contributed by atoms with Gasteiger partial charge in [0.1, 0.15) is 0 Å². The minimum Gasteiger partial charge on any atom is -0.316 e. The first-order valence-corrected chi connectivity index (χ1v) is 17.1. The molecule has 1 aromatic heterocycles. The van der Waals surface area contributed by atoms with Crippen LogP contribution < -0.4 is 26.7 Å². The van der Waals surface area contributed by atoms with Crippen molar-refractivity contribution in [2.75, 3.05) is 0 Å². The average Bonchev–Trinajstić information content (AvgIpc) is 3.48. The van der Waals surface area contributed by atoms with Crippen molar-refractivity contribution in [1.82, 2.24) is 4.57 Å². The smallest absolute Gasteiger partial charge is 0.0538 e. The second-order valence-corrected chi connectivity index (χ2v) is 15.8. The molecule has 1 unspecified atom stereocenters. The number of rotatable bonds is 7. The van der Waals surface area contributed by atoms with E-state index in [1.165, 1.54) is 64.4 Å². The third-order valence-corrected chi connectivity index (χ3v) is 14.4. The minimum atomic E-state index is -2.12. The summed E-state index contributed by atoms with van der Waals surface area (Å²) in [4.78, 5) is 0. The molecule has 5 aromatic rings. The Labute approximate surface area is 228 Å². The van der Waals surface area contributed by atoms with E-state index in [4.69, 9.17) is 6.30 Å². The lowest BCUT2D eigenvalue weighted by atomic mass is 10.0. The predicted octanol–water partition coefficient (Wildman–Crippen LogP) is 6.97.